The molecule has 1 aromatic rings. The minimum atomic E-state index is 0.587. The molecule has 0 atom stereocenters. The summed E-state index contributed by atoms with van der Waals surface area (Å²) in [5.74, 6) is 1.28. The third-order valence-corrected chi connectivity index (χ3v) is 4.24. The van der Waals surface area contributed by atoms with Crippen LogP contribution in [0.1, 0.15) is 44.1 Å². The second kappa shape index (κ2) is 6.10. The van der Waals surface area contributed by atoms with Gasteiger partial charge in [-0.05, 0) is 43.2 Å². The Balaban J connectivity index is 1.52. The molecule has 0 amide bonds. The molecule has 3 rings (SSSR count). The summed E-state index contributed by atoms with van der Waals surface area (Å²) in [7, 11) is 0. The van der Waals surface area contributed by atoms with Gasteiger partial charge in [0.25, 0.3) is 0 Å². The third kappa shape index (κ3) is 3.83. The summed E-state index contributed by atoms with van der Waals surface area (Å²) in [6.07, 6.45) is 9.68. The Kier molecular flexibility index (Phi) is 4.24. The summed E-state index contributed by atoms with van der Waals surface area (Å²) >= 11 is 6.23. The number of aromatic nitrogens is 1. The second-order valence-electron chi connectivity index (χ2n) is 5.75. The van der Waals surface area contributed by atoms with E-state index in [1.54, 1.807) is 0 Å². The molecule has 2 aliphatic rings. The molecule has 0 spiro atoms. The molecule has 2 fully saturated rings. The number of hydrogen-bond acceptors (Lipinski definition) is 3. The summed E-state index contributed by atoms with van der Waals surface area (Å²) < 4.78 is 5.75. The maximum atomic E-state index is 6.23. The van der Waals surface area contributed by atoms with E-state index >= 15 is 0 Å². The minimum absolute atomic E-state index is 0.587. The van der Waals surface area contributed by atoms with Gasteiger partial charge in [-0.3, -0.25) is 0 Å². The van der Waals surface area contributed by atoms with Gasteiger partial charge in [0.1, 0.15) is 5.02 Å². The maximum Gasteiger partial charge on any atom is 0.232 e. The summed E-state index contributed by atoms with van der Waals surface area (Å²) in [5.41, 5.74) is 1.13. The molecule has 0 aromatic carbocycles. The third-order valence-electron chi connectivity index (χ3n) is 3.97. The molecule has 1 aromatic heterocycles. The quantitative estimate of drug-likeness (QED) is 0.865. The highest BCUT2D eigenvalue weighted by molar-refractivity contribution is 6.31. The Morgan fingerprint density at radius 1 is 1.26 bits per heavy atom. The van der Waals surface area contributed by atoms with Gasteiger partial charge < -0.3 is 10.1 Å². The van der Waals surface area contributed by atoms with Crippen molar-refractivity contribution in [2.75, 3.05) is 6.61 Å². The lowest BCUT2D eigenvalue weighted by molar-refractivity contribution is 0.243. The van der Waals surface area contributed by atoms with Crippen LogP contribution in [-0.4, -0.2) is 17.6 Å². The maximum absolute atomic E-state index is 6.23. The first-order valence-corrected chi connectivity index (χ1v) is 7.69. The largest absolute Gasteiger partial charge is 0.476 e. The van der Waals surface area contributed by atoms with Crippen LogP contribution in [-0.2, 0) is 6.54 Å². The van der Waals surface area contributed by atoms with Crippen LogP contribution in [0.25, 0.3) is 0 Å². The fourth-order valence-corrected chi connectivity index (χ4v) is 2.83. The lowest BCUT2D eigenvalue weighted by Crippen LogP contribution is -2.15. The van der Waals surface area contributed by atoms with Crippen LogP contribution in [0.3, 0.4) is 0 Å². The number of pyridine rings is 1. The molecule has 104 valence electrons. The van der Waals surface area contributed by atoms with Crippen LogP contribution in [0.5, 0.6) is 5.88 Å². The van der Waals surface area contributed by atoms with Crippen molar-refractivity contribution in [2.45, 2.75) is 51.1 Å². The number of nitrogens with one attached hydrogen (secondary N) is 1. The van der Waals surface area contributed by atoms with E-state index in [4.69, 9.17) is 16.3 Å². The first-order valence-electron chi connectivity index (χ1n) is 7.32. The SMILES string of the molecule is Clc1cc(CNC2CC2)cnc1OCC1CCCC1. The molecule has 0 aliphatic heterocycles. The number of ether oxygens (including phenoxy) is 1. The average Bonchev–Trinajstić information content (AvgIpc) is 3.10. The molecule has 3 nitrogen and oxygen atoms in total. The lowest BCUT2D eigenvalue weighted by atomic mass is 10.1. The Bertz CT molecular complexity index is 428. The van der Waals surface area contributed by atoms with Crippen LogP contribution in [0.2, 0.25) is 5.02 Å². The number of rotatable bonds is 6. The van der Waals surface area contributed by atoms with E-state index in [9.17, 15) is 0 Å². The van der Waals surface area contributed by atoms with Crippen molar-refractivity contribution in [1.82, 2.24) is 10.3 Å². The van der Waals surface area contributed by atoms with Crippen LogP contribution in [0, 0.1) is 5.92 Å². The molecule has 2 saturated carbocycles. The van der Waals surface area contributed by atoms with Gasteiger partial charge in [-0.25, -0.2) is 4.98 Å². The van der Waals surface area contributed by atoms with Crippen molar-refractivity contribution in [3.63, 3.8) is 0 Å². The van der Waals surface area contributed by atoms with E-state index in [1.165, 1.54) is 38.5 Å². The Morgan fingerprint density at radius 2 is 2.05 bits per heavy atom. The monoisotopic (exact) mass is 280 g/mol. The summed E-state index contributed by atoms with van der Waals surface area (Å²) in [5, 5.41) is 4.09. The number of nitrogens with zero attached hydrogens (tertiary/aromatic N) is 1. The smallest absolute Gasteiger partial charge is 0.232 e. The molecule has 0 saturated heterocycles. The molecule has 1 heterocycles. The van der Waals surface area contributed by atoms with Gasteiger partial charge in [0, 0.05) is 18.8 Å². The van der Waals surface area contributed by atoms with Crippen molar-refractivity contribution in [3.8, 4) is 5.88 Å². The topological polar surface area (TPSA) is 34.2 Å². The molecule has 2 aliphatic carbocycles. The number of hydrogen-bond donors (Lipinski definition) is 1. The Morgan fingerprint density at radius 3 is 2.74 bits per heavy atom. The fraction of sp³-hybridized carbons (Fsp3) is 0.667. The highest BCUT2D eigenvalue weighted by Crippen LogP contribution is 2.28. The zero-order valence-electron chi connectivity index (χ0n) is 11.2. The predicted octanol–water partition coefficient (Wildman–Crippen LogP) is 3.56. The Labute approximate surface area is 119 Å². The molecule has 19 heavy (non-hydrogen) atoms. The van der Waals surface area contributed by atoms with Gasteiger partial charge in [-0.1, -0.05) is 24.4 Å². The zero-order chi connectivity index (χ0) is 13.1. The molecular weight excluding hydrogens is 260 g/mol. The highest BCUT2D eigenvalue weighted by Gasteiger charge is 2.20. The summed E-state index contributed by atoms with van der Waals surface area (Å²) in [6.45, 7) is 1.60. The van der Waals surface area contributed by atoms with E-state index in [-0.39, 0.29) is 0 Å². The first kappa shape index (κ1) is 13.2. The minimum Gasteiger partial charge on any atom is -0.476 e. The van der Waals surface area contributed by atoms with Gasteiger partial charge in [0.05, 0.1) is 6.61 Å². The lowest BCUT2D eigenvalue weighted by Gasteiger charge is -2.12. The van der Waals surface area contributed by atoms with Gasteiger partial charge in [0.2, 0.25) is 5.88 Å². The van der Waals surface area contributed by atoms with Gasteiger partial charge in [0.15, 0.2) is 0 Å². The molecule has 1 N–H and O–H groups in total. The summed E-state index contributed by atoms with van der Waals surface area (Å²) in [6, 6.07) is 2.67. The van der Waals surface area contributed by atoms with E-state index in [1.807, 2.05) is 12.3 Å². The van der Waals surface area contributed by atoms with Crippen molar-refractivity contribution >= 4 is 11.6 Å². The van der Waals surface area contributed by atoms with Crippen molar-refractivity contribution in [3.05, 3.63) is 22.8 Å². The molecule has 0 radical (unpaired) electrons. The van der Waals surface area contributed by atoms with Crippen LogP contribution in [0.15, 0.2) is 12.3 Å². The molecular formula is C15H21ClN2O. The molecule has 0 bridgehead atoms. The standard InChI is InChI=1S/C15H21ClN2O/c16-14-7-12(8-17-13-5-6-13)9-18-15(14)19-10-11-3-1-2-4-11/h7,9,11,13,17H,1-6,8,10H2. The van der Waals surface area contributed by atoms with Crippen LogP contribution >= 0.6 is 11.6 Å². The Hall–Kier alpha value is -0.800. The van der Waals surface area contributed by atoms with Gasteiger partial charge in [-0.2, -0.15) is 0 Å². The van der Waals surface area contributed by atoms with Crippen LogP contribution in [0.4, 0.5) is 0 Å². The zero-order valence-corrected chi connectivity index (χ0v) is 12.0. The predicted molar refractivity (Wildman–Crippen MR) is 76.6 cm³/mol. The highest BCUT2D eigenvalue weighted by atomic mass is 35.5. The average molecular weight is 281 g/mol. The molecule has 4 heteroatoms. The van der Waals surface area contributed by atoms with Crippen molar-refractivity contribution in [1.29, 1.82) is 0 Å². The van der Waals surface area contributed by atoms with E-state index in [0.29, 0.717) is 22.9 Å². The molecule has 0 unspecified atom stereocenters. The van der Waals surface area contributed by atoms with Gasteiger partial charge in [-0.15, -0.1) is 0 Å². The fourth-order valence-electron chi connectivity index (χ4n) is 2.59. The van der Waals surface area contributed by atoms with E-state index < -0.39 is 0 Å². The van der Waals surface area contributed by atoms with Crippen molar-refractivity contribution in [2.24, 2.45) is 5.92 Å². The van der Waals surface area contributed by atoms with Crippen molar-refractivity contribution < 1.29 is 4.74 Å². The summed E-state index contributed by atoms with van der Waals surface area (Å²) in [4.78, 5) is 4.34. The van der Waals surface area contributed by atoms with E-state index in [2.05, 4.69) is 10.3 Å². The first-order chi connectivity index (χ1) is 9.31. The second-order valence-corrected chi connectivity index (χ2v) is 6.15. The normalized spacial score (nSPS) is 19.8. The van der Waals surface area contributed by atoms with Gasteiger partial charge >= 0.3 is 0 Å². The van der Waals surface area contributed by atoms with Crippen LogP contribution < -0.4 is 10.1 Å². The number of halogens is 1. The van der Waals surface area contributed by atoms with E-state index in [0.717, 1.165) is 18.7 Å².